The molecule has 112 valence electrons. The Labute approximate surface area is 134 Å². The zero-order valence-electron chi connectivity index (χ0n) is 11.4. The molecule has 1 aromatic carbocycles. The first-order valence-corrected chi connectivity index (χ1v) is 8.48. The van der Waals surface area contributed by atoms with Gasteiger partial charge in [-0.15, -0.1) is 0 Å². The molecule has 1 fully saturated rings. The molecular weight excluding hydrogens is 317 g/mol. The van der Waals surface area contributed by atoms with E-state index in [1.165, 1.54) is 0 Å². The van der Waals surface area contributed by atoms with Gasteiger partial charge in [0.25, 0.3) is 0 Å². The van der Waals surface area contributed by atoms with E-state index in [-0.39, 0.29) is 0 Å². The summed E-state index contributed by atoms with van der Waals surface area (Å²) < 4.78 is 5.12. The minimum atomic E-state index is -0.589. The van der Waals surface area contributed by atoms with Crippen LogP contribution in [0.25, 0.3) is 0 Å². The van der Waals surface area contributed by atoms with Gasteiger partial charge in [-0.05, 0) is 36.0 Å². The van der Waals surface area contributed by atoms with Gasteiger partial charge in [-0.2, -0.15) is 11.8 Å². The molecule has 1 saturated heterocycles. The van der Waals surface area contributed by atoms with Crippen LogP contribution in [0.15, 0.2) is 12.1 Å². The van der Waals surface area contributed by atoms with Crippen molar-refractivity contribution in [1.82, 2.24) is 5.32 Å². The first kappa shape index (κ1) is 16.2. The van der Waals surface area contributed by atoms with Gasteiger partial charge in [-0.1, -0.05) is 23.2 Å². The molecule has 0 radical (unpaired) electrons. The van der Waals surface area contributed by atoms with Gasteiger partial charge in [0.1, 0.15) is 5.75 Å². The molecule has 0 unspecified atom stereocenters. The van der Waals surface area contributed by atoms with E-state index < -0.39 is 5.60 Å². The molecule has 1 aliphatic rings. The minimum Gasteiger partial charge on any atom is -0.495 e. The first-order valence-electron chi connectivity index (χ1n) is 6.57. The van der Waals surface area contributed by atoms with E-state index in [1.54, 1.807) is 19.2 Å². The molecule has 0 spiro atoms. The Morgan fingerprint density at radius 3 is 2.65 bits per heavy atom. The van der Waals surface area contributed by atoms with Crippen LogP contribution in [0, 0.1) is 0 Å². The number of nitrogens with one attached hydrogen (secondary N) is 1. The lowest BCUT2D eigenvalue weighted by Crippen LogP contribution is -2.43. The van der Waals surface area contributed by atoms with E-state index in [2.05, 4.69) is 5.32 Å². The van der Waals surface area contributed by atoms with E-state index in [4.69, 9.17) is 27.9 Å². The number of ether oxygens (including phenoxy) is 1. The molecule has 0 aliphatic carbocycles. The number of halogens is 2. The molecule has 20 heavy (non-hydrogen) atoms. The largest absolute Gasteiger partial charge is 0.495 e. The van der Waals surface area contributed by atoms with Gasteiger partial charge in [0.2, 0.25) is 0 Å². The van der Waals surface area contributed by atoms with Gasteiger partial charge >= 0.3 is 0 Å². The molecule has 0 saturated carbocycles. The van der Waals surface area contributed by atoms with Crippen LogP contribution in [0.1, 0.15) is 18.4 Å². The number of benzene rings is 1. The van der Waals surface area contributed by atoms with Crippen molar-refractivity contribution in [3.8, 4) is 5.75 Å². The zero-order chi connectivity index (χ0) is 14.6. The molecule has 0 atom stereocenters. The summed E-state index contributed by atoms with van der Waals surface area (Å²) in [5.41, 5.74) is 0.319. The third-order valence-electron chi connectivity index (χ3n) is 3.51. The molecule has 1 aromatic rings. The summed E-state index contributed by atoms with van der Waals surface area (Å²) in [4.78, 5) is 0. The Bertz CT molecular complexity index is 465. The summed E-state index contributed by atoms with van der Waals surface area (Å²) >= 11 is 14.2. The SMILES string of the molecule is COc1cc(Cl)c(CNCC2(O)CCSCC2)cc1Cl. The Morgan fingerprint density at radius 1 is 1.30 bits per heavy atom. The van der Waals surface area contributed by atoms with Gasteiger partial charge < -0.3 is 15.2 Å². The summed E-state index contributed by atoms with van der Waals surface area (Å²) in [6.45, 7) is 1.16. The summed E-state index contributed by atoms with van der Waals surface area (Å²) in [6, 6.07) is 3.52. The Morgan fingerprint density at radius 2 is 2.00 bits per heavy atom. The van der Waals surface area contributed by atoms with Gasteiger partial charge in [0, 0.05) is 24.2 Å². The summed E-state index contributed by atoms with van der Waals surface area (Å²) in [5.74, 6) is 2.61. The second-order valence-electron chi connectivity index (χ2n) is 5.02. The molecule has 1 heterocycles. The molecule has 0 bridgehead atoms. The van der Waals surface area contributed by atoms with Gasteiger partial charge in [0.05, 0.1) is 17.7 Å². The number of hydrogen-bond acceptors (Lipinski definition) is 4. The standard InChI is InChI=1S/C14H19Cl2NO2S/c1-19-13-7-11(15)10(6-12(13)16)8-17-9-14(18)2-4-20-5-3-14/h6-7,17-18H,2-5,8-9H2,1H3. The topological polar surface area (TPSA) is 41.5 Å². The lowest BCUT2D eigenvalue weighted by atomic mass is 9.97. The fourth-order valence-corrected chi connectivity index (χ4v) is 3.96. The van der Waals surface area contributed by atoms with Crippen molar-refractivity contribution in [3.05, 3.63) is 27.7 Å². The number of aliphatic hydroxyl groups is 1. The van der Waals surface area contributed by atoms with Crippen LogP contribution >= 0.6 is 35.0 Å². The second-order valence-corrected chi connectivity index (χ2v) is 7.06. The maximum atomic E-state index is 10.4. The lowest BCUT2D eigenvalue weighted by molar-refractivity contribution is 0.0320. The van der Waals surface area contributed by atoms with Crippen molar-refractivity contribution in [2.24, 2.45) is 0 Å². The highest BCUT2D eigenvalue weighted by Crippen LogP contribution is 2.31. The molecule has 3 nitrogen and oxygen atoms in total. The van der Waals surface area contributed by atoms with E-state index in [9.17, 15) is 5.11 Å². The van der Waals surface area contributed by atoms with Crippen molar-refractivity contribution < 1.29 is 9.84 Å². The van der Waals surface area contributed by atoms with Crippen LogP contribution in [0.5, 0.6) is 5.75 Å². The normalized spacial score (nSPS) is 18.0. The third kappa shape index (κ3) is 4.18. The van der Waals surface area contributed by atoms with Crippen LogP contribution in [0.4, 0.5) is 0 Å². The van der Waals surface area contributed by atoms with Crippen LogP contribution in [0.3, 0.4) is 0 Å². The Hall–Kier alpha value is -0.130. The monoisotopic (exact) mass is 335 g/mol. The van der Waals surface area contributed by atoms with Crippen molar-refractivity contribution in [2.45, 2.75) is 25.0 Å². The summed E-state index contributed by atoms with van der Waals surface area (Å²) in [5, 5.41) is 14.8. The molecule has 0 aromatic heterocycles. The van der Waals surface area contributed by atoms with Crippen molar-refractivity contribution in [3.63, 3.8) is 0 Å². The van der Waals surface area contributed by atoms with E-state index >= 15 is 0 Å². The lowest BCUT2D eigenvalue weighted by Gasteiger charge is -2.32. The van der Waals surface area contributed by atoms with Crippen molar-refractivity contribution >= 4 is 35.0 Å². The second kappa shape index (κ2) is 7.23. The molecule has 1 aliphatic heterocycles. The predicted molar refractivity (Wildman–Crippen MR) is 86.2 cm³/mol. The first-order chi connectivity index (χ1) is 9.54. The van der Waals surface area contributed by atoms with Crippen LogP contribution < -0.4 is 10.1 Å². The fourth-order valence-electron chi connectivity index (χ4n) is 2.22. The fraction of sp³-hybridized carbons (Fsp3) is 0.571. The minimum absolute atomic E-state index is 0.543. The van der Waals surface area contributed by atoms with E-state index in [0.717, 1.165) is 29.9 Å². The third-order valence-corrected chi connectivity index (χ3v) is 5.15. The maximum absolute atomic E-state index is 10.4. The predicted octanol–water partition coefficient (Wildman–Crippen LogP) is 3.35. The van der Waals surface area contributed by atoms with Crippen LogP contribution in [0.2, 0.25) is 10.0 Å². The average Bonchev–Trinajstić information content (AvgIpc) is 2.43. The average molecular weight is 336 g/mol. The van der Waals surface area contributed by atoms with Crippen molar-refractivity contribution in [1.29, 1.82) is 0 Å². The van der Waals surface area contributed by atoms with Crippen LogP contribution in [-0.4, -0.2) is 35.9 Å². The van der Waals surface area contributed by atoms with E-state index in [1.807, 2.05) is 11.8 Å². The zero-order valence-corrected chi connectivity index (χ0v) is 13.7. The highest BCUT2D eigenvalue weighted by Gasteiger charge is 2.28. The van der Waals surface area contributed by atoms with Crippen molar-refractivity contribution in [2.75, 3.05) is 25.2 Å². The quantitative estimate of drug-likeness (QED) is 0.865. The number of thioether (sulfide) groups is 1. The van der Waals surface area contributed by atoms with Gasteiger partial charge in [0.15, 0.2) is 0 Å². The number of rotatable bonds is 5. The molecular formula is C14H19Cl2NO2S. The highest BCUT2D eigenvalue weighted by molar-refractivity contribution is 7.99. The maximum Gasteiger partial charge on any atom is 0.138 e. The Balaban J connectivity index is 1.92. The number of methoxy groups -OCH3 is 1. The molecule has 6 heteroatoms. The summed E-state index contributed by atoms with van der Waals surface area (Å²) in [7, 11) is 1.56. The van der Waals surface area contributed by atoms with E-state index in [0.29, 0.717) is 28.9 Å². The van der Waals surface area contributed by atoms with Crippen LogP contribution in [-0.2, 0) is 6.54 Å². The summed E-state index contributed by atoms with van der Waals surface area (Å²) in [6.07, 6.45) is 1.67. The van der Waals surface area contributed by atoms with Gasteiger partial charge in [-0.25, -0.2) is 0 Å². The smallest absolute Gasteiger partial charge is 0.138 e. The molecule has 2 rings (SSSR count). The van der Waals surface area contributed by atoms with Gasteiger partial charge in [-0.3, -0.25) is 0 Å². The Kier molecular flexibility index (Phi) is 5.87. The highest BCUT2D eigenvalue weighted by atomic mass is 35.5. The molecule has 0 amide bonds. The number of hydrogen-bond donors (Lipinski definition) is 2. The molecule has 2 N–H and O–H groups in total.